The molecule has 0 aliphatic carbocycles. The highest BCUT2D eigenvalue weighted by Crippen LogP contribution is 2.26. The molecule has 98 valence electrons. The van der Waals surface area contributed by atoms with Gasteiger partial charge in [-0.1, -0.05) is 19.9 Å². The van der Waals surface area contributed by atoms with Gasteiger partial charge in [0.15, 0.2) is 0 Å². The third-order valence-electron chi connectivity index (χ3n) is 3.14. The molecule has 0 radical (unpaired) electrons. The number of hydrogen-bond acceptors (Lipinski definition) is 3. The van der Waals surface area contributed by atoms with E-state index in [2.05, 4.69) is 0 Å². The Morgan fingerprint density at radius 1 is 1.39 bits per heavy atom. The lowest BCUT2D eigenvalue weighted by Crippen LogP contribution is -2.37. The SMILES string of the molecule is CCC(CC)N(CCO)c1cccc(F)c1C#N. The van der Waals surface area contributed by atoms with E-state index >= 15 is 0 Å². The number of anilines is 1. The van der Waals surface area contributed by atoms with Crippen LogP contribution in [-0.2, 0) is 0 Å². The molecule has 0 saturated carbocycles. The molecule has 1 N–H and O–H groups in total. The molecule has 0 amide bonds. The highest BCUT2D eigenvalue weighted by Gasteiger charge is 2.19. The third kappa shape index (κ3) is 2.99. The van der Waals surface area contributed by atoms with Gasteiger partial charge in [-0.3, -0.25) is 0 Å². The number of aliphatic hydroxyl groups is 1. The molecule has 0 heterocycles. The second-order valence-electron chi connectivity index (χ2n) is 4.13. The minimum atomic E-state index is -0.510. The fourth-order valence-electron chi connectivity index (χ4n) is 2.20. The second-order valence-corrected chi connectivity index (χ2v) is 4.13. The van der Waals surface area contributed by atoms with Crippen molar-refractivity contribution in [1.82, 2.24) is 0 Å². The smallest absolute Gasteiger partial charge is 0.143 e. The number of rotatable bonds is 6. The number of nitrogens with zero attached hydrogens (tertiary/aromatic N) is 2. The summed E-state index contributed by atoms with van der Waals surface area (Å²) >= 11 is 0. The molecule has 0 atom stereocenters. The van der Waals surface area contributed by atoms with E-state index in [1.807, 2.05) is 24.8 Å². The van der Waals surface area contributed by atoms with Gasteiger partial charge in [0, 0.05) is 12.6 Å². The van der Waals surface area contributed by atoms with E-state index in [9.17, 15) is 4.39 Å². The maximum absolute atomic E-state index is 13.6. The standard InChI is InChI=1S/C14H19FN2O/c1-3-11(4-2)17(8-9-18)14-7-5-6-13(15)12(14)10-16/h5-7,11,18H,3-4,8-9H2,1-2H3. The molecule has 0 unspecified atom stereocenters. The molecular formula is C14H19FN2O. The third-order valence-corrected chi connectivity index (χ3v) is 3.14. The van der Waals surface area contributed by atoms with Crippen LogP contribution >= 0.6 is 0 Å². The summed E-state index contributed by atoms with van der Waals surface area (Å²) in [4.78, 5) is 1.92. The maximum atomic E-state index is 13.6. The molecule has 1 aromatic carbocycles. The molecule has 0 spiro atoms. The fourth-order valence-corrected chi connectivity index (χ4v) is 2.20. The van der Waals surface area contributed by atoms with Crippen LogP contribution in [0.25, 0.3) is 0 Å². The van der Waals surface area contributed by atoms with Crippen molar-refractivity contribution in [2.24, 2.45) is 0 Å². The predicted molar refractivity (Wildman–Crippen MR) is 69.9 cm³/mol. The maximum Gasteiger partial charge on any atom is 0.143 e. The number of hydrogen-bond donors (Lipinski definition) is 1. The molecule has 0 bridgehead atoms. The van der Waals surface area contributed by atoms with Crippen LogP contribution in [0.15, 0.2) is 18.2 Å². The zero-order valence-corrected chi connectivity index (χ0v) is 10.9. The van der Waals surface area contributed by atoms with Crippen LogP contribution in [-0.4, -0.2) is 24.3 Å². The lowest BCUT2D eigenvalue weighted by Gasteiger charge is -2.32. The minimum absolute atomic E-state index is 0.0160. The summed E-state index contributed by atoms with van der Waals surface area (Å²) < 4.78 is 13.6. The molecule has 4 heteroatoms. The van der Waals surface area contributed by atoms with Gasteiger partial charge in [-0.2, -0.15) is 5.26 Å². The highest BCUT2D eigenvalue weighted by atomic mass is 19.1. The van der Waals surface area contributed by atoms with Gasteiger partial charge in [0.1, 0.15) is 17.4 Å². The van der Waals surface area contributed by atoms with Crippen molar-refractivity contribution >= 4 is 5.69 Å². The number of nitriles is 1. The van der Waals surface area contributed by atoms with Crippen molar-refractivity contribution in [3.63, 3.8) is 0 Å². The van der Waals surface area contributed by atoms with Crippen LogP contribution in [0.5, 0.6) is 0 Å². The van der Waals surface area contributed by atoms with Crippen LogP contribution in [0.2, 0.25) is 0 Å². The first-order valence-electron chi connectivity index (χ1n) is 6.25. The lowest BCUT2D eigenvalue weighted by molar-refractivity contribution is 0.296. The van der Waals surface area contributed by atoms with E-state index in [1.165, 1.54) is 6.07 Å². The topological polar surface area (TPSA) is 47.3 Å². The molecule has 0 saturated heterocycles. The first kappa shape index (κ1) is 14.5. The average Bonchev–Trinajstić information content (AvgIpc) is 2.38. The van der Waals surface area contributed by atoms with Crippen molar-refractivity contribution in [2.75, 3.05) is 18.1 Å². The Morgan fingerprint density at radius 3 is 2.56 bits per heavy atom. The normalized spacial score (nSPS) is 10.4. The first-order chi connectivity index (χ1) is 8.69. The summed E-state index contributed by atoms with van der Waals surface area (Å²) in [6.07, 6.45) is 1.77. The van der Waals surface area contributed by atoms with Gasteiger partial charge in [0.05, 0.1) is 12.3 Å². The van der Waals surface area contributed by atoms with E-state index < -0.39 is 5.82 Å². The van der Waals surface area contributed by atoms with Crippen LogP contribution in [0.4, 0.5) is 10.1 Å². The Balaban J connectivity index is 3.21. The summed E-state index contributed by atoms with van der Waals surface area (Å²) in [6.45, 7) is 4.48. The summed E-state index contributed by atoms with van der Waals surface area (Å²) in [5.74, 6) is -0.510. The molecule has 0 fully saturated rings. The Hall–Kier alpha value is -1.60. The summed E-state index contributed by atoms with van der Waals surface area (Å²) in [6, 6.07) is 6.72. The van der Waals surface area contributed by atoms with Gasteiger partial charge in [-0.25, -0.2) is 4.39 Å². The molecule has 0 aromatic heterocycles. The largest absolute Gasteiger partial charge is 0.395 e. The van der Waals surface area contributed by atoms with Crippen molar-refractivity contribution < 1.29 is 9.50 Å². The van der Waals surface area contributed by atoms with Crippen LogP contribution < -0.4 is 4.90 Å². The Kier molecular flexibility index (Phi) is 5.60. The zero-order valence-electron chi connectivity index (χ0n) is 10.9. The minimum Gasteiger partial charge on any atom is -0.395 e. The molecular weight excluding hydrogens is 231 g/mol. The van der Waals surface area contributed by atoms with Crippen LogP contribution in [0.3, 0.4) is 0 Å². The molecule has 3 nitrogen and oxygen atoms in total. The highest BCUT2D eigenvalue weighted by molar-refractivity contribution is 5.60. The quantitative estimate of drug-likeness (QED) is 0.844. The van der Waals surface area contributed by atoms with Crippen LogP contribution in [0.1, 0.15) is 32.3 Å². The predicted octanol–water partition coefficient (Wildman–Crippen LogP) is 2.68. The number of halogens is 1. The summed E-state index contributed by atoms with van der Waals surface area (Å²) in [7, 11) is 0. The van der Waals surface area contributed by atoms with Crippen molar-refractivity contribution in [3.05, 3.63) is 29.6 Å². The van der Waals surface area contributed by atoms with Gasteiger partial charge >= 0.3 is 0 Å². The first-order valence-corrected chi connectivity index (χ1v) is 6.25. The van der Waals surface area contributed by atoms with E-state index in [-0.39, 0.29) is 18.2 Å². The van der Waals surface area contributed by atoms with Crippen molar-refractivity contribution in [3.8, 4) is 6.07 Å². The van der Waals surface area contributed by atoms with Gasteiger partial charge in [-0.05, 0) is 25.0 Å². The van der Waals surface area contributed by atoms with E-state index in [1.54, 1.807) is 12.1 Å². The summed E-state index contributed by atoms with van der Waals surface area (Å²) in [5, 5.41) is 18.2. The molecule has 1 rings (SSSR count). The van der Waals surface area contributed by atoms with Crippen LogP contribution in [0, 0.1) is 17.1 Å². The molecule has 1 aromatic rings. The van der Waals surface area contributed by atoms with E-state index in [0.717, 1.165) is 12.8 Å². The van der Waals surface area contributed by atoms with E-state index in [4.69, 9.17) is 10.4 Å². The van der Waals surface area contributed by atoms with Gasteiger partial charge < -0.3 is 10.0 Å². The van der Waals surface area contributed by atoms with Crippen molar-refractivity contribution in [1.29, 1.82) is 5.26 Å². The number of benzene rings is 1. The zero-order chi connectivity index (χ0) is 13.5. The van der Waals surface area contributed by atoms with Gasteiger partial charge in [0.2, 0.25) is 0 Å². The van der Waals surface area contributed by atoms with Crippen molar-refractivity contribution in [2.45, 2.75) is 32.7 Å². The van der Waals surface area contributed by atoms with Gasteiger partial charge in [-0.15, -0.1) is 0 Å². The second kappa shape index (κ2) is 6.97. The molecule has 18 heavy (non-hydrogen) atoms. The molecule has 0 aliphatic heterocycles. The number of aliphatic hydroxyl groups excluding tert-OH is 1. The average molecular weight is 250 g/mol. The molecule has 0 aliphatic rings. The summed E-state index contributed by atoms with van der Waals surface area (Å²) in [5.41, 5.74) is 0.623. The van der Waals surface area contributed by atoms with E-state index in [0.29, 0.717) is 12.2 Å². The Morgan fingerprint density at radius 2 is 2.06 bits per heavy atom. The van der Waals surface area contributed by atoms with Gasteiger partial charge in [0.25, 0.3) is 0 Å². The fraction of sp³-hybridized carbons (Fsp3) is 0.500. The lowest BCUT2D eigenvalue weighted by atomic mass is 10.1. The Labute approximate surface area is 107 Å². The Bertz CT molecular complexity index is 424. The monoisotopic (exact) mass is 250 g/mol.